The molecule has 3 amide bonds. The van der Waals surface area contributed by atoms with Crippen LogP contribution < -0.4 is 10.6 Å². The smallest absolute Gasteiger partial charge is 0.318 e. The summed E-state index contributed by atoms with van der Waals surface area (Å²) in [7, 11) is 0. The number of aryl methyl sites for hydroxylation is 1. The highest BCUT2D eigenvalue weighted by Gasteiger charge is 2.33. The Kier molecular flexibility index (Phi) is 6.96. The first-order valence-electron chi connectivity index (χ1n) is 9.93. The lowest BCUT2D eigenvalue weighted by molar-refractivity contribution is -0.121. The van der Waals surface area contributed by atoms with Crippen LogP contribution in [0, 0.1) is 11.6 Å². The molecule has 2 N–H and O–H groups in total. The van der Waals surface area contributed by atoms with Crippen LogP contribution in [-0.4, -0.2) is 39.6 Å². The van der Waals surface area contributed by atoms with Gasteiger partial charge in [0, 0.05) is 38.0 Å². The highest BCUT2D eigenvalue weighted by Crippen LogP contribution is 2.30. The molecule has 2 aromatic rings. The summed E-state index contributed by atoms with van der Waals surface area (Å²) in [5.74, 6) is -0.968. The van der Waals surface area contributed by atoms with Crippen molar-refractivity contribution in [1.82, 2.24) is 25.7 Å². The van der Waals surface area contributed by atoms with Crippen LogP contribution in [0.15, 0.2) is 22.7 Å². The van der Waals surface area contributed by atoms with Crippen molar-refractivity contribution in [2.24, 2.45) is 0 Å². The standard InChI is InChI=1S/C20H25F2N5O3/c1-12(2)24-20(29)27-7-3-4-16(27)19-25-18(30-26-19)6-5-17(28)23-11-13-8-14(21)10-15(22)9-13/h8-10,12,16H,3-7,11H2,1-2H3,(H,23,28)(H,24,29). The summed E-state index contributed by atoms with van der Waals surface area (Å²) < 4.78 is 31.6. The van der Waals surface area contributed by atoms with Gasteiger partial charge < -0.3 is 20.1 Å². The molecule has 0 saturated carbocycles. The summed E-state index contributed by atoms with van der Waals surface area (Å²) in [6.07, 6.45) is 1.90. The number of hydrogen-bond donors (Lipinski definition) is 2. The molecule has 10 heteroatoms. The molecule has 1 aromatic heterocycles. The lowest BCUT2D eigenvalue weighted by atomic mass is 10.2. The van der Waals surface area contributed by atoms with E-state index in [2.05, 4.69) is 20.8 Å². The van der Waals surface area contributed by atoms with Crippen molar-refractivity contribution in [3.8, 4) is 0 Å². The number of nitrogens with one attached hydrogen (secondary N) is 2. The van der Waals surface area contributed by atoms with Crippen LogP contribution in [0.1, 0.15) is 56.4 Å². The van der Waals surface area contributed by atoms with E-state index < -0.39 is 11.6 Å². The average molecular weight is 421 g/mol. The van der Waals surface area contributed by atoms with Crippen LogP contribution in [0.2, 0.25) is 0 Å². The Hall–Kier alpha value is -3.04. The van der Waals surface area contributed by atoms with Gasteiger partial charge in [-0.3, -0.25) is 4.79 Å². The Morgan fingerprint density at radius 3 is 2.70 bits per heavy atom. The summed E-state index contributed by atoms with van der Waals surface area (Å²) >= 11 is 0. The van der Waals surface area contributed by atoms with E-state index in [4.69, 9.17) is 4.52 Å². The minimum Gasteiger partial charge on any atom is -0.352 e. The minimum absolute atomic E-state index is 0.0184. The van der Waals surface area contributed by atoms with E-state index in [1.54, 1.807) is 4.90 Å². The molecular formula is C20H25F2N5O3. The molecule has 1 aliphatic rings. The topological polar surface area (TPSA) is 100 Å². The van der Waals surface area contributed by atoms with Crippen LogP contribution in [0.25, 0.3) is 0 Å². The van der Waals surface area contributed by atoms with E-state index in [-0.39, 0.29) is 43.4 Å². The van der Waals surface area contributed by atoms with Gasteiger partial charge in [0.25, 0.3) is 0 Å². The summed E-state index contributed by atoms with van der Waals surface area (Å²) in [5.41, 5.74) is 0.335. The maximum atomic E-state index is 13.2. The van der Waals surface area contributed by atoms with Crippen LogP contribution in [0.4, 0.5) is 13.6 Å². The lowest BCUT2D eigenvalue weighted by Gasteiger charge is -2.23. The maximum Gasteiger partial charge on any atom is 0.318 e. The van der Waals surface area contributed by atoms with Gasteiger partial charge in [-0.1, -0.05) is 5.16 Å². The van der Waals surface area contributed by atoms with Crippen molar-refractivity contribution in [1.29, 1.82) is 0 Å². The SMILES string of the molecule is CC(C)NC(=O)N1CCCC1c1noc(CCC(=O)NCc2cc(F)cc(F)c2)n1. The highest BCUT2D eigenvalue weighted by atomic mass is 19.1. The van der Waals surface area contributed by atoms with E-state index in [0.29, 0.717) is 23.8 Å². The number of rotatable bonds is 7. The van der Waals surface area contributed by atoms with Crippen molar-refractivity contribution < 1.29 is 22.9 Å². The van der Waals surface area contributed by atoms with Crippen molar-refractivity contribution in [3.05, 3.63) is 47.1 Å². The molecule has 2 heterocycles. The second-order valence-corrected chi connectivity index (χ2v) is 7.56. The van der Waals surface area contributed by atoms with Crippen LogP contribution >= 0.6 is 0 Å². The van der Waals surface area contributed by atoms with E-state index in [0.717, 1.165) is 31.0 Å². The molecule has 162 valence electrons. The van der Waals surface area contributed by atoms with E-state index in [9.17, 15) is 18.4 Å². The normalized spacial score (nSPS) is 16.2. The van der Waals surface area contributed by atoms with Crippen molar-refractivity contribution in [2.45, 2.75) is 58.2 Å². The number of urea groups is 1. The first-order chi connectivity index (χ1) is 14.3. The van der Waals surface area contributed by atoms with Gasteiger partial charge in [0.05, 0.1) is 6.04 Å². The van der Waals surface area contributed by atoms with Gasteiger partial charge in [0.2, 0.25) is 11.8 Å². The van der Waals surface area contributed by atoms with Crippen molar-refractivity contribution >= 4 is 11.9 Å². The van der Waals surface area contributed by atoms with Gasteiger partial charge in [0.1, 0.15) is 11.6 Å². The second kappa shape index (κ2) is 9.64. The largest absolute Gasteiger partial charge is 0.352 e. The molecule has 0 radical (unpaired) electrons. The Balaban J connectivity index is 1.50. The number of nitrogens with zero attached hydrogens (tertiary/aromatic N) is 3. The van der Waals surface area contributed by atoms with Gasteiger partial charge >= 0.3 is 6.03 Å². The molecule has 3 rings (SSSR count). The molecule has 1 aromatic carbocycles. The second-order valence-electron chi connectivity index (χ2n) is 7.56. The Morgan fingerprint density at radius 1 is 1.27 bits per heavy atom. The molecule has 1 unspecified atom stereocenters. The number of benzene rings is 1. The number of carbonyl (C=O) groups is 2. The summed E-state index contributed by atoms with van der Waals surface area (Å²) in [4.78, 5) is 30.4. The lowest BCUT2D eigenvalue weighted by Crippen LogP contribution is -2.42. The van der Waals surface area contributed by atoms with Gasteiger partial charge in [0.15, 0.2) is 5.82 Å². The Bertz CT molecular complexity index is 882. The first kappa shape index (κ1) is 21.7. The number of likely N-dealkylation sites (tertiary alicyclic amines) is 1. The zero-order valence-corrected chi connectivity index (χ0v) is 17.0. The van der Waals surface area contributed by atoms with Crippen molar-refractivity contribution in [3.63, 3.8) is 0 Å². The number of hydrogen-bond acceptors (Lipinski definition) is 5. The third kappa shape index (κ3) is 5.74. The molecule has 0 spiro atoms. The average Bonchev–Trinajstić information content (AvgIpc) is 3.32. The summed E-state index contributed by atoms with van der Waals surface area (Å²) in [6, 6.07) is 2.72. The van der Waals surface area contributed by atoms with E-state index >= 15 is 0 Å². The summed E-state index contributed by atoms with van der Waals surface area (Å²) in [6.45, 7) is 4.43. The predicted molar refractivity (Wildman–Crippen MR) is 103 cm³/mol. The summed E-state index contributed by atoms with van der Waals surface area (Å²) in [5, 5.41) is 9.45. The van der Waals surface area contributed by atoms with Gasteiger partial charge in [-0.25, -0.2) is 13.6 Å². The Labute approximate surface area is 173 Å². The third-order valence-corrected chi connectivity index (χ3v) is 4.69. The molecular weight excluding hydrogens is 396 g/mol. The van der Waals surface area contributed by atoms with Crippen LogP contribution in [-0.2, 0) is 17.8 Å². The molecule has 1 aliphatic heterocycles. The number of carbonyl (C=O) groups excluding carboxylic acids is 2. The number of amides is 3. The molecule has 0 bridgehead atoms. The number of halogens is 2. The van der Waals surface area contributed by atoms with Crippen molar-refractivity contribution in [2.75, 3.05) is 6.54 Å². The van der Waals surface area contributed by atoms with Gasteiger partial charge in [-0.05, 0) is 44.4 Å². The van der Waals surface area contributed by atoms with Crippen LogP contribution in [0.3, 0.4) is 0 Å². The first-order valence-corrected chi connectivity index (χ1v) is 9.93. The fraction of sp³-hybridized carbons (Fsp3) is 0.500. The molecule has 1 fully saturated rings. The zero-order chi connectivity index (χ0) is 21.7. The quantitative estimate of drug-likeness (QED) is 0.716. The minimum atomic E-state index is -0.694. The van der Waals surface area contributed by atoms with E-state index in [1.807, 2.05) is 13.8 Å². The fourth-order valence-corrected chi connectivity index (χ4v) is 3.34. The molecule has 1 atom stereocenters. The van der Waals surface area contributed by atoms with Crippen LogP contribution in [0.5, 0.6) is 0 Å². The maximum absolute atomic E-state index is 13.2. The zero-order valence-electron chi connectivity index (χ0n) is 17.0. The molecule has 30 heavy (non-hydrogen) atoms. The van der Waals surface area contributed by atoms with E-state index in [1.165, 1.54) is 0 Å². The highest BCUT2D eigenvalue weighted by molar-refractivity contribution is 5.76. The number of aromatic nitrogens is 2. The third-order valence-electron chi connectivity index (χ3n) is 4.69. The fourth-order valence-electron chi connectivity index (χ4n) is 3.34. The van der Waals surface area contributed by atoms with Gasteiger partial charge in [-0.15, -0.1) is 0 Å². The molecule has 8 nitrogen and oxygen atoms in total. The Morgan fingerprint density at radius 2 is 2.00 bits per heavy atom. The van der Waals surface area contributed by atoms with Gasteiger partial charge in [-0.2, -0.15) is 4.98 Å². The predicted octanol–water partition coefficient (Wildman–Crippen LogP) is 2.85. The molecule has 1 saturated heterocycles. The molecule has 0 aliphatic carbocycles. The monoisotopic (exact) mass is 421 g/mol.